The van der Waals surface area contributed by atoms with Crippen LogP contribution in [0.25, 0.3) is 22.3 Å². The lowest BCUT2D eigenvalue weighted by Gasteiger charge is -2.35. The predicted molar refractivity (Wildman–Crippen MR) is 216 cm³/mol. The van der Waals surface area contributed by atoms with Crippen molar-refractivity contribution >= 4 is 73.0 Å². The largest absolute Gasteiger partial charge is 0.488 e. The molecule has 0 spiro atoms. The smallest absolute Gasteiger partial charge is 0.408 e. The van der Waals surface area contributed by atoms with Gasteiger partial charge in [-0.3, -0.25) is 19.2 Å². The molecule has 3 fully saturated rings. The lowest BCUT2D eigenvalue weighted by molar-refractivity contribution is -0.147. The number of allylic oxidation sites excluding steroid dienone is 1. The van der Waals surface area contributed by atoms with E-state index in [1.54, 1.807) is 31.4 Å². The van der Waals surface area contributed by atoms with Gasteiger partial charge in [0.05, 0.1) is 29.2 Å². The summed E-state index contributed by atoms with van der Waals surface area (Å²) in [6.45, 7) is 14.8. The number of aryl methyl sites for hydroxylation is 1. The predicted octanol–water partition coefficient (Wildman–Crippen LogP) is 7.69. The Balaban J connectivity index is 1.33. The van der Waals surface area contributed by atoms with E-state index in [1.165, 1.54) is 16.2 Å². The van der Waals surface area contributed by atoms with E-state index in [9.17, 15) is 29.1 Å². The van der Waals surface area contributed by atoms with Gasteiger partial charge in [0.1, 0.15) is 29.7 Å². The van der Waals surface area contributed by atoms with Crippen molar-refractivity contribution in [2.45, 2.75) is 111 Å². The number of carbonyl (C=O) groups is 5. The Labute approximate surface area is 339 Å². The lowest BCUT2D eigenvalue weighted by atomic mass is 9.85. The molecule has 3 aliphatic rings. The van der Waals surface area contributed by atoms with Gasteiger partial charge in [0.25, 0.3) is 0 Å². The number of nitrogens with one attached hydrogen (secondary N) is 2. The molecule has 3 N–H and O–H groups in total. The second-order valence-electron chi connectivity index (χ2n) is 16.7. The van der Waals surface area contributed by atoms with Crippen molar-refractivity contribution in [2.24, 2.45) is 22.7 Å². The van der Waals surface area contributed by atoms with Crippen molar-refractivity contribution in [2.75, 3.05) is 11.9 Å². The van der Waals surface area contributed by atoms with Crippen molar-refractivity contribution < 1.29 is 38.6 Å². The first-order valence-electron chi connectivity index (χ1n) is 19.1. The van der Waals surface area contributed by atoms with Crippen LogP contribution in [-0.4, -0.2) is 80.5 Å². The van der Waals surface area contributed by atoms with Gasteiger partial charge >= 0.3 is 12.1 Å². The highest BCUT2D eigenvalue weighted by Gasteiger charge is 2.61. The van der Waals surface area contributed by atoms with Gasteiger partial charge in [-0.15, -0.1) is 17.9 Å². The average molecular weight is 853 g/mol. The molecule has 2 aromatic heterocycles. The summed E-state index contributed by atoms with van der Waals surface area (Å²) in [7, 11) is 0. The molecule has 56 heavy (non-hydrogen) atoms. The summed E-state index contributed by atoms with van der Waals surface area (Å²) in [4.78, 5) is 77.8. The van der Waals surface area contributed by atoms with E-state index >= 15 is 0 Å². The van der Waals surface area contributed by atoms with Gasteiger partial charge in [0.2, 0.25) is 11.8 Å². The Morgan fingerprint density at radius 2 is 1.84 bits per heavy atom. The van der Waals surface area contributed by atoms with Crippen LogP contribution in [0.4, 0.5) is 9.93 Å². The van der Waals surface area contributed by atoms with Gasteiger partial charge in [-0.25, -0.2) is 14.8 Å². The fourth-order valence-electron chi connectivity index (χ4n) is 7.59. The van der Waals surface area contributed by atoms with Gasteiger partial charge in [-0.2, -0.15) is 0 Å². The number of Topliss-reactive ketones (excluding diaryl/α,β-unsaturated/α-hetero) is 1. The van der Waals surface area contributed by atoms with Crippen LogP contribution in [0, 0.1) is 29.6 Å². The number of ether oxygens (including phenoxy) is 2. The lowest BCUT2D eigenvalue weighted by Crippen LogP contribution is -2.57. The van der Waals surface area contributed by atoms with E-state index in [0.29, 0.717) is 33.2 Å². The number of carbonyl (C=O) groups excluding carboxylic acids is 4. The van der Waals surface area contributed by atoms with Crippen molar-refractivity contribution in [3.05, 3.63) is 46.3 Å². The molecule has 13 nitrogen and oxygen atoms in total. The second-order valence-corrected chi connectivity index (χ2v) is 18.3. The summed E-state index contributed by atoms with van der Waals surface area (Å²) in [6, 6.07) is 3.51. The molecule has 2 aliphatic carbocycles. The first-order valence-corrected chi connectivity index (χ1v) is 20.8. The van der Waals surface area contributed by atoms with Crippen LogP contribution in [-0.2, 0) is 23.9 Å². The maximum atomic E-state index is 14.6. The summed E-state index contributed by atoms with van der Waals surface area (Å²) in [5.41, 5.74) is 0.519. The Morgan fingerprint density at radius 1 is 1.12 bits per heavy atom. The number of hydrogen-bond donors (Lipinski definition) is 3. The van der Waals surface area contributed by atoms with Crippen LogP contribution in [0.5, 0.6) is 5.75 Å². The number of pyridine rings is 1. The van der Waals surface area contributed by atoms with E-state index in [0.717, 1.165) is 35.7 Å². The summed E-state index contributed by atoms with van der Waals surface area (Å²) < 4.78 is 13.2. The average Bonchev–Trinajstić information content (AvgIpc) is 3.55. The molecule has 6 rings (SSSR count). The quantitative estimate of drug-likeness (QED) is 0.145. The number of aromatic nitrogens is 2. The number of ketones is 1. The fourth-order valence-corrected chi connectivity index (χ4v) is 8.73. The fraction of sp³-hybridized carbons (Fsp3) is 0.537. The van der Waals surface area contributed by atoms with Crippen molar-refractivity contribution in [3.8, 4) is 17.1 Å². The van der Waals surface area contributed by atoms with Crippen LogP contribution in [0.15, 0.2) is 40.7 Å². The van der Waals surface area contributed by atoms with Crippen LogP contribution in [0.2, 0.25) is 0 Å². The number of thiazole rings is 1. The number of rotatable bonds is 13. The number of nitrogens with zero attached hydrogens (tertiary/aromatic N) is 3. The first kappa shape index (κ1) is 41.3. The van der Waals surface area contributed by atoms with Crippen LogP contribution in [0.1, 0.15) is 85.1 Å². The number of benzene rings is 1. The van der Waals surface area contributed by atoms with Gasteiger partial charge in [-0.1, -0.05) is 46.8 Å². The van der Waals surface area contributed by atoms with Crippen LogP contribution in [0.3, 0.4) is 0 Å². The standard InChI is InChI=1S/C41H50BrN5O8S/c1-8-23-17-41(23,37(51)52)18-30(48)29-15-25(19-47(29)36(50)34(40(5,6)7)45-39(53)55-24-11-9-10-12-24)54-31-16-27(43-33-26(31)14-13-22(4)32(33)42)28-20-56-38(44-28)46-35(49)21(2)3/h8,13-14,16,20-21,23-25,29,34H,1,9-12,15,17-19H2,2-7H3,(H,45,53)(H,51,52)(H,44,46,49)/t23-,25-,29?,34-,41-/m1/s1. The number of carboxylic acids is 1. The van der Waals surface area contributed by atoms with E-state index in [1.807, 2.05) is 39.8 Å². The Morgan fingerprint density at radius 3 is 2.46 bits per heavy atom. The monoisotopic (exact) mass is 851 g/mol. The molecular formula is C41H50BrN5O8S. The molecule has 15 heteroatoms. The van der Waals surface area contributed by atoms with Crippen LogP contribution >= 0.6 is 27.3 Å². The minimum Gasteiger partial charge on any atom is -0.488 e. The molecule has 3 heterocycles. The molecule has 1 aromatic carbocycles. The minimum absolute atomic E-state index is 0.000391. The molecule has 1 unspecified atom stereocenters. The maximum absolute atomic E-state index is 14.6. The number of anilines is 1. The molecule has 0 bridgehead atoms. The van der Waals surface area contributed by atoms with E-state index in [-0.39, 0.29) is 49.7 Å². The highest BCUT2D eigenvalue weighted by Crippen LogP contribution is 2.56. The Kier molecular flexibility index (Phi) is 12.0. The highest BCUT2D eigenvalue weighted by atomic mass is 79.9. The zero-order chi connectivity index (χ0) is 40.7. The third-order valence-electron chi connectivity index (χ3n) is 11.1. The number of halogens is 1. The van der Waals surface area contributed by atoms with Gasteiger partial charge in [-0.05, 0) is 77.9 Å². The molecule has 5 atom stereocenters. The number of hydrogen-bond acceptors (Lipinski definition) is 10. The molecule has 3 aromatic rings. The molecule has 1 aliphatic heterocycles. The summed E-state index contributed by atoms with van der Waals surface area (Å²) >= 11 is 4.97. The molecule has 300 valence electrons. The van der Waals surface area contributed by atoms with E-state index < -0.39 is 52.8 Å². The topological polar surface area (TPSA) is 177 Å². The third kappa shape index (κ3) is 8.63. The Bertz CT molecular complexity index is 2060. The number of carboxylic acid groups (broad SMARTS) is 1. The molecule has 1 saturated heterocycles. The zero-order valence-electron chi connectivity index (χ0n) is 32.6. The van der Waals surface area contributed by atoms with Crippen molar-refractivity contribution in [1.82, 2.24) is 20.2 Å². The number of fused-ring (bicyclic) bond motifs is 1. The number of aliphatic carboxylic acids is 1. The number of amides is 3. The Hall–Kier alpha value is -4.37. The van der Waals surface area contributed by atoms with E-state index in [2.05, 4.69) is 38.1 Å². The van der Waals surface area contributed by atoms with Crippen LogP contribution < -0.4 is 15.4 Å². The third-order valence-corrected chi connectivity index (χ3v) is 12.9. The number of alkyl carbamates (subject to hydrolysis) is 1. The maximum Gasteiger partial charge on any atom is 0.408 e. The van der Waals surface area contributed by atoms with Crippen molar-refractivity contribution in [1.29, 1.82) is 0 Å². The highest BCUT2D eigenvalue weighted by molar-refractivity contribution is 9.10. The first-order chi connectivity index (χ1) is 26.4. The zero-order valence-corrected chi connectivity index (χ0v) is 35.1. The van der Waals surface area contributed by atoms with Gasteiger partial charge in [0, 0.05) is 40.1 Å². The second kappa shape index (κ2) is 16.2. The van der Waals surface area contributed by atoms with E-state index in [4.69, 9.17) is 14.5 Å². The molecule has 0 radical (unpaired) electrons. The SMILES string of the molecule is C=C[C@@H]1C[C@]1(CC(=O)C1C[C@@H](Oc2cc(-c3csc(NC(=O)C(C)C)n3)nc3c(Br)c(C)ccc23)CN1C(=O)[C@@H](NC(=O)OC1CCCC1)C(C)(C)C)C(=O)O. The molecule has 2 saturated carbocycles. The van der Waals surface area contributed by atoms with Crippen molar-refractivity contribution in [3.63, 3.8) is 0 Å². The summed E-state index contributed by atoms with van der Waals surface area (Å²) in [6.07, 6.45) is 3.54. The normalized spacial score (nSPS) is 22.9. The van der Waals surface area contributed by atoms with Gasteiger partial charge in [0.15, 0.2) is 10.9 Å². The molecule has 3 amide bonds. The minimum atomic E-state index is -1.28. The summed E-state index contributed by atoms with van der Waals surface area (Å²) in [5, 5.41) is 18.7. The summed E-state index contributed by atoms with van der Waals surface area (Å²) in [5.74, 6) is -2.25. The number of likely N-dealkylation sites (tertiary alicyclic amines) is 1. The van der Waals surface area contributed by atoms with Gasteiger partial charge < -0.3 is 30.1 Å². The molecular weight excluding hydrogens is 802 g/mol.